The van der Waals surface area contributed by atoms with Gasteiger partial charge in [0.15, 0.2) is 0 Å². The van der Waals surface area contributed by atoms with Gasteiger partial charge in [-0.05, 0) is 58.7 Å². The topological polar surface area (TPSA) is 26.0 Å². The molecular weight excluding hydrogens is 395 g/mol. The zero-order valence-corrected chi connectivity index (χ0v) is 17.4. The van der Waals surface area contributed by atoms with Gasteiger partial charge in [0, 0.05) is 23.1 Å². The Kier molecular flexibility index (Phi) is 4.60. The number of rotatable bonds is 3. The fraction of sp³-hybridized carbons (Fsp3) is 0.259. The van der Waals surface area contributed by atoms with E-state index < -0.39 is 11.5 Å². The number of alkyl halides is 2. The van der Waals surface area contributed by atoms with E-state index in [-0.39, 0.29) is 24.2 Å². The summed E-state index contributed by atoms with van der Waals surface area (Å²) in [6, 6.07) is 18.1. The Bertz CT molecular complexity index is 1400. The summed E-state index contributed by atoms with van der Waals surface area (Å²) in [4.78, 5) is 0. The highest BCUT2D eigenvalue weighted by atomic mass is 19.3. The third kappa shape index (κ3) is 3.30. The Morgan fingerprint density at radius 1 is 0.935 bits per heavy atom. The maximum absolute atomic E-state index is 15.2. The van der Waals surface area contributed by atoms with Crippen LogP contribution in [0.25, 0.3) is 11.6 Å². The molecule has 0 aromatic heterocycles. The molecule has 4 heteroatoms. The van der Waals surface area contributed by atoms with Crippen molar-refractivity contribution in [3.63, 3.8) is 0 Å². The lowest BCUT2D eigenvalue weighted by atomic mass is 9.78. The van der Waals surface area contributed by atoms with Crippen molar-refractivity contribution in [2.45, 2.75) is 44.1 Å². The molecule has 0 radical (unpaired) electrons. The molecule has 158 valence electrons. The lowest BCUT2D eigenvalue weighted by Gasteiger charge is -2.32. The first-order valence-electron chi connectivity index (χ1n) is 10.6. The van der Waals surface area contributed by atoms with Gasteiger partial charge in [-0.15, -0.1) is 0 Å². The zero-order chi connectivity index (χ0) is 21.8. The van der Waals surface area contributed by atoms with Gasteiger partial charge < -0.3 is 5.73 Å². The van der Waals surface area contributed by atoms with Crippen molar-refractivity contribution in [3.8, 4) is 0 Å². The Hall–Kier alpha value is -2.85. The molecule has 3 aromatic carbocycles. The SMILES string of the molecule is CC(N)(CC1=c2ccc3c(c2C(F)(F)CC1)CC=c1ccccc1=3)c1ccccc1F. The fourth-order valence-electron chi connectivity index (χ4n) is 5.17. The molecule has 0 spiro atoms. The minimum Gasteiger partial charge on any atom is -0.321 e. The number of fused-ring (bicyclic) bond motifs is 4. The van der Waals surface area contributed by atoms with Crippen LogP contribution >= 0.6 is 0 Å². The largest absolute Gasteiger partial charge is 0.321 e. The van der Waals surface area contributed by atoms with Crippen molar-refractivity contribution in [3.05, 3.63) is 104 Å². The maximum Gasteiger partial charge on any atom is 0.274 e. The first-order valence-corrected chi connectivity index (χ1v) is 10.6. The van der Waals surface area contributed by atoms with Crippen LogP contribution in [0.1, 0.15) is 42.9 Å². The standard InChI is InChI=1S/C27H24F3N/c1-26(31,23-8-4-5-9-24(23)28)16-18-14-15-27(29,30)25-20(18)12-13-21-19-7-3-2-6-17(19)10-11-22(21)25/h2-10,12-13H,11,14-16,31H2,1H3. The van der Waals surface area contributed by atoms with E-state index in [0.29, 0.717) is 29.2 Å². The van der Waals surface area contributed by atoms with Gasteiger partial charge in [-0.3, -0.25) is 0 Å². The molecule has 2 aliphatic carbocycles. The van der Waals surface area contributed by atoms with Crippen LogP contribution in [0.2, 0.25) is 0 Å². The first-order chi connectivity index (χ1) is 14.8. The molecule has 1 atom stereocenters. The Morgan fingerprint density at radius 2 is 1.65 bits per heavy atom. The highest BCUT2D eigenvalue weighted by Crippen LogP contribution is 2.41. The van der Waals surface area contributed by atoms with Gasteiger partial charge in [0.1, 0.15) is 5.82 Å². The minimum absolute atomic E-state index is 0.126. The van der Waals surface area contributed by atoms with Gasteiger partial charge in [0.25, 0.3) is 5.92 Å². The fourth-order valence-corrected chi connectivity index (χ4v) is 5.17. The third-order valence-electron chi connectivity index (χ3n) is 6.65. The third-order valence-corrected chi connectivity index (χ3v) is 6.65. The molecule has 3 aromatic rings. The van der Waals surface area contributed by atoms with Crippen molar-refractivity contribution in [1.29, 1.82) is 0 Å². The van der Waals surface area contributed by atoms with E-state index in [1.807, 2.05) is 42.5 Å². The molecule has 0 bridgehead atoms. The molecule has 2 aliphatic rings. The maximum atomic E-state index is 15.2. The Labute approximate surface area is 179 Å². The van der Waals surface area contributed by atoms with Gasteiger partial charge in [0.2, 0.25) is 0 Å². The Balaban J connectivity index is 1.75. The lowest BCUT2D eigenvalue weighted by Crippen LogP contribution is -2.38. The van der Waals surface area contributed by atoms with Crippen LogP contribution in [0, 0.1) is 16.3 Å². The number of nitrogens with two attached hydrogens (primary N) is 1. The molecule has 0 aliphatic heterocycles. The summed E-state index contributed by atoms with van der Waals surface area (Å²) in [5, 5.41) is 3.52. The second kappa shape index (κ2) is 7.10. The monoisotopic (exact) mass is 419 g/mol. The van der Waals surface area contributed by atoms with Crippen molar-refractivity contribution < 1.29 is 13.2 Å². The summed E-state index contributed by atoms with van der Waals surface area (Å²) in [6.45, 7) is 1.77. The average molecular weight is 419 g/mol. The molecule has 0 saturated heterocycles. The van der Waals surface area contributed by atoms with Crippen LogP contribution in [0.4, 0.5) is 13.2 Å². The van der Waals surface area contributed by atoms with E-state index in [2.05, 4.69) is 0 Å². The summed E-state index contributed by atoms with van der Waals surface area (Å²) in [6.07, 6.45) is 2.83. The van der Waals surface area contributed by atoms with Crippen LogP contribution in [0.3, 0.4) is 0 Å². The van der Waals surface area contributed by atoms with Crippen LogP contribution in [0.15, 0.2) is 60.7 Å². The molecule has 2 N–H and O–H groups in total. The van der Waals surface area contributed by atoms with Gasteiger partial charge in [-0.1, -0.05) is 66.2 Å². The smallest absolute Gasteiger partial charge is 0.274 e. The number of halogens is 3. The summed E-state index contributed by atoms with van der Waals surface area (Å²) < 4.78 is 44.9. The summed E-state index contributed by atoms with van der Waals surface area (Å²) >= 11 is 0. The van der Waals surface area contributed by atoms with Crippen molar-refractivity contribution >= 4 is 11.6 Å². The number of hydrogen-bond donors (Lipinski definition) is 1. The van der Waals surface area contributed by atoms with Crippen molar-refractivity contribution in [1.82, 2.24) is 0 Å². The first kappa shape index (κ1) is 20.1. The lowest BCUT2D eigenvalue weighted by molar-refractivity contribution is -0.0164. The highest BCUT2D eigenvalue weighted by molar-refractivity contribution is 5.57. The van der Waals surface area contributed by atoms with Crippen molar-refractivity contribution in [2.75, 3.05) is 0 Å². The average Bonchev–Trinajstić information content (AvgIpc) is 2.75. The predicted octanol–water partition coefficient (Wildman–Crippen LogP) is 4.75. The molecule has 1 nitrogen and oxygen atoms in total. The van der Waals surface area contributed by atoms with E-state index >= 15 is 8.78 Å². The van der Waals surface area contributed by atoms with Crippen LogP contribution in [0.5, 0.6) is 0 Å². The molecule has 0 saturated carbocycles. The molecule has 0 amide bonds. The van der Waals surface area contributed by atoms with Gasteiger partial charge >= 0.3 is 0 Å². The normalized spacial score (nSPS) is 18.3. The molecule has 31 heavy (non-hydrogen) atoms. The van der Waals surface area contributed by atoms with E-state index in [0.717, 1.165) is 21.2 Å². The molecular formula is C27H24F3N. The molecule has 5 rings (SSSR count). The predicted molar refractivity (Wildman–Crippen MR) is 117 cm³/mol. The summed E-state index contributed by atoms with van der Waals surface area (Å²) in [5.74, 6) is -3.26. The van der Waals surface area contributed by atoms with Crippen LogP contribution < -0.4 is 16.2 Å². The van der Waals surface area contributed by atoms with Crippen molar-refractivity contribution in [2.24, 2.45) is 5.73 Å². The van der Waals surface area contributed by atoms with Gasteiger partial charge in [0.05, 0.1) is 0 Å². The number of benzene rings is 3. The van der Waals surface area contributed by atoms with E-state index in [9.17, 15) is 4.39 Å². The minimum atomic E-state index is -2.90. The summed E-state index contributed by atoms with van der Waals surface area (Å²) in [5.41, 5.74) is 7.65. The van der Waals surface area contributed by atoms with E-state index in [1.54, 1.807) is 25.1 Å². The highest BCUT2D eigenvalue weighted by Gasteiger charge is 2.39. The molecule has 1 unspecified atom stereocenters. The quantitative estimate of drug-likeness (QED) is 0.652. The Morgan fingerprint density at radius 3 is 2.45 bits per heavy atom. The second-order valence-corrected chi connectivity index (χ2v) is 8.89. The van der Waals surface area contributed by atoms with E-state index in [4.69, 9.17) is 5.73 Å². The summed E-state index contributed by atoms with van der Waals surface area (Å²) in [7, 11) is 0. The molecule has 0 fully saturated rings. The molecule has 0 heterocycles. The van der Waals surface area contributed by atoms with Gasteiger partial charge in [-0.25, -0.2) is 13.2 Å². The van der Waals surface area contributed by atoms with Crippen LogP contribution in [-0.2, 0) is 17.9 Å². The van der Waals surface area contributed by atoms with Crippen LogP contribution in [-0.4, -0.2) is 0 Å². The van der Waals surface area contributed by atoms with E-state index in [1.165, 1.54) is 6.07 Å². The zero-order valence-electron chi connectivity index (χ0n) is 17.4. The van der Waals surface area contributed by atoms with Gasteiger partial charge in [-0.2, -0.15) is 0 Å². The number of hydrogen-bond acceptors (Lipinski definition) is 1. The second-order valence-electron chi connectivity index (χ2n) is 8.89.